The van der Waals surface area contributed by atoms with Gasteiger partial charge in [0.2, 0.25) is 6.29 Å². The Labute approximate surface area is 335 Å². The second-order valence-electron chi connectivity index (χ2n) is 20.7. The molecule has 10 N–H and O–H groups in total. The molecule has 6 fully saturated rings. The van der Waals surface area contributed by atoms with E-state index in [1.807, 2.05) is 6.92 Å². The molecular weight excluding hydrogens is 744 g/mol. The SMILES string of the molecule is CC1(C)CC[C@]2(C(=O)O[C@@H]3O[C@H](CO)[C@H](O)[C@H](O)[C@@H]3O)CC[C@]3(C)C(=CC[C@@H]4[C@@]5(C)C[C@H](O)[C@H](O[C@@H]6O[C@H](CO)[C@H](O)[C@H](O)[C@@H]6O)[C@@](C)(CO)[C@@H]5CC[C@]43C)[C@@H]2C1. The Kier molecular flexibility index (Phi) is 11.5. The van der Waals surface area contributed by atoms with E-state index in [0.717, 1.165) is 19.3 Å². The maximum Gasteiger partial charge on any atom is 0.315 e. The minimum absolute atomic E-state index is 0.0661. The molecule has 20 atom stereocenters. The van der Waals surface area contributed by atoms with Crippen LogP contribution in [0.2, 0.25) is 0 Å². The van der Waals surface area contributed by atoms with Crippen LogP contribution in [-0.2, 0) is 23.7 Å². The fraction of sp³-hybridized carbons (Fsp3) is 0.929. The van der Waals surface area contributed by atoms with Crippen LogP contribution >= 0.6 is 0 Å². The van der Waals surface area contributed by atoms with Gasteiger partial charge in [-0.3, -0.25) is 4.79 Å². The monoisotopic (exact) mass is 812 g/mol. The lowest BCUT2D eigenvalue weighted by Crippen LogP contribution is -2.69. The van der Waals surface area contributed by atoms with Gasteiger partial charge in [0.05, 0.1) is 37.4 Å². The Balaban J connectivity index is 1.19. The van der Waals surface area contributed by atoms with E-state index in [-0.39, 0.29) is 40.6 Å². The highest BCUT2D eigenvalue weighted by atomic mass is 16.7. The summed E-state index contributed by atoms with van der Waals surface area (Å²) in [6.07, 6.45) is -9.20. The number of rotatable bonds is 7. The van der Waals surface area contributed by atoms with E-state index in [4.69, 9.17) is 18.9 Å². The van der Waals surface area contributed by atoms with Gasteiger partial charge in [-0.25, -0.2) is 0 Å². The summed E-state index contributed by atoms with van der Waals surface area (Å²) in [6.45, 7) is 11.6. The fourth-order valence-electron chi connectivity index (χ4n) is 13.7. The van der Waals surface area contributed by atoms with E-state index in [0.29, 0.717) is 38.5 Å². The number of ether oxygens (including phenoxy) is 4. The summed E-state index contributed by atoms with van der Waals surface area (Å²) in [4.78, 5) is 14.6. The Hall–Kier alpha value is -1.31. The highest BCUT2D eigenvalue weighted by Gasteiger charge is 2.71. The van der Waals surface area contributed by atoms with Crippen molar-refractivity contribution >= 4 is 5.97 Å². The number of esters is 1. The zero-order valence-electron chi connectivity index (χ0n) is 34.2. The van der Waals surface area contributed by atoms with Crippen molar-refractivity contribution in [2.24, 2.45) is 50.2 Å². The quantitative estimate of drug-likeness (QED) is 0.0940. The minimum Gasteiger partial charge on any atom is -0.432 e. The van der Waals surface area contributed by atoms with Crippen molar-refractivity contribution in [2.75, 3.05) is 19.8 Å². The van der Waals surface area contributed by atoms with Crippen molar-refractivity contribution < 1.29 is 74.8 Å². The molecule has 0 unspecified atom stereocenters. The molecule has 0 aromatic heterocycles. The number of hydrogen-bond acceptors (Lipinski definition) is 15. The maximum absolute atomic E-state index is 14.6. The van der Waals surface area contributed by atoms with Crippen LogP contribution in [0.1, 0.15) is 99.3 Å². The standard InChI is InChI=1S/C42H68O15/c1-37(2)11-13-42(36(53)57-35-32(52)30(50)28(48)24(18-44)55-35)14-12-40(5)20(21(42)15-37)7-8-26-38(3)16-22(46)33(39(4,19-45)25(38)9-10-41(26,40)6)56-34-31(51)29(49)27(47)23(17-43)54-34/h7,21-35,43-52H,8-19H2,1-6H3/t21-,22-,23+,24+,25+,26+,27-,28-,29-,30-,31-,32-,33-,34-,35-,38-,39-,40+,41+,42-/m0/s1. The Morgan fingerprint density at radius 2 is 1.30 bits per heavy atom. The molecule has 326 valence electrons. The van der Waals surface area contributed by atoms with Gasteiger partial charge in [0, 0.05) is 5.41 Å². The first kappa shape index (κ1) is 43.8. The Bertz CT molecular complexity index is 1540. The lowest BCUT2D eigenvalue weighted by Gasteiger charge is -2.72. The second-order valence-corrected chi connectivity index (χ2v) is 20.7. The summed E-state index contributed by atoms with van der Waals surface area (Å²) in [5.74, 6) is -0.763. The van der Waals surface area contributed by atoms with Crippen LogP contribution < -0.4 is 0 Å². The van der Waals surface area contributed by atoms with E-state index in [1.54, 1.807) is 0 Å². The van der Waals surface area contributed by atoms with E-state index < -0.39 is 109 Å². The topological polar surface area (TPSA) is 256 Å². The molecule has 15 nitrogen and oxygen atoms in total. The fourth-order valence-corrected chi connectivity index (χ4v) is 13.7. The molecule has 7 rings (SSSR count). The third kappa shape index (κ3) is 6.43. The molecule has 0 bridgehead atoms. The first-order chi connectivity index (χ1) is 26.6. The average Bonchev–Trinajstić information content (AvgIpc) is 3.16. The third-order valence-electron chi connectivity index (χ3n) is 17.3. The van der Waals surface area contributed by atoms with Crippen LogP contribution in [0.3, 0.4) is 0 Å². The van der Waals surface area contributed by atoms with Crippen LogP contribution in [-0.4, -0.2) is 150 Å². The van der Waals surface area contributed by atoms with Crippen molar-refractivity contribution in [1.82, 2.24) is 0 Å². The Morgan fingerprint density at radius 3 is 1.89 bits per heavy atom. The zero-order valence-corrected chi connectivity index (χ0v) is 34.2. The van der Waals surface area contributed by atoms with E-state index in [1.165, 1.54) is 5.57 Å². The highest BCUT2D eigenvalue weighted by Crippen LogP contribution is 2.76. The van der Waals surface area contributed by atoms with Gasteiger partial charge in [-0.1, -0.05) is 53.2 Å². The number of carbonyl (C=O) groups is 1. The lowest BCUT2D eigenvalue weighted by molar-refractivity contribution is -0.345. The van der Waals surface area contributed by atoms with Crippen molar-refractivity contribution in [3.05, 3.63) is 11.6 Å². The van der Waals surface area contributed by atoms with Gasteiger partial charge in [-0.15, -0.1) is 0 Å². The summed E-state index contributed by atoms with van der Waals surface area (Å²) >= 11 is 0. The predicted molar refractivity (Wildman–Crippen MR) is 200 cm³/mol. The number of allylic oxidation sites excluding steroid dienone is 2. The first-order valence-corrected chi connectivity index (χ1v) is 21.1. The zero-order chi connectivity index (χ0) is 41.8. The van der Waals surface area contributed by atoms with Gasteiger partial charge in [0.25, 0.3) is 0 Å². The number of aliphatic hydroxyl groups excluding tert-OH is 10. The van der Waals surface area contributed by atoms with Crippen LogP contribution in [0.4, 0.5) is 0 Å². The lowest BCUT2D eigenvalue weighted by atomic mass is 9.33. The minimum atomic E-state index is -1.70. The van der Waals surface area contributed by atoms with Gasteiger partial charge in [-0.05, 0) is 97.2 Å². The van der Waals surface area contributed by atoms with Crippen molar-refractivity contribution in [1.29, 1.82) is 0 Å². The molecule has 7 aliphatic rings. The summed E-state index contributed by atoms with van der Waals surface area (Å²) in [5, 5.41) is 106. The number of fused-ring (bicyclic) bond motifs is 7. The molecule has 5 aliphatic carbocycles. The van der Waals surface area contributed by atoms with Crippen LogP contribution in [0.15, 0.2) is 11.6 Å². The molecule has 0 aromatic carbocycles. The summed E-state index contributed by atoms with van der Waals surface area (Å²) in [7, 11) is 0. The largest absolute Gasteiger partial charge is 0.432 e. The number of carbonyl (C=O) groups excluding carboxylic acids is 1. The Morgan fingerprint density at radius 1 is 0.719 bits per heavy atom. The molecule has 2 heterocycles. The molecule has 0 amide bonds. The van der Waals surface area contributed by atoms with Crippen molar-refractivity contribution in [3.8, 4) is 0 Å². The van der Waals surface area contributed by atoms with Crippen LogP contribution in [0.5, 0.6) is 0 Å². The predicted octanol–water partition coefficient (Wildman–Crippen LogP) is 0.260. The van der Waals surface area contributed by atoms with Gasteiger partial charge in [0.15, 0.2) is 6.29 Å². The molecule has 0 aromatic rings. The van der Waals surface area contributed by atoms with Crippen LogP contribution in [0.25, 0.3) is 0 Å². The molecule has 0 radical (unpaired) electrons. The van der Waals surface area contributed by atoms with E-state index in [9.17, 15) is 55.9 Å². The molecule has 57 heavy (non-hydrogen) atoms. The van der Waals surface area contributed by atoms with Gasteiger partial charge in [-0.2, -0.15) is 0 Å². The van der Waals surface area contributed by atoms with E-state index in [2.05, 4.69) is 40.7 Å². The molecule has 0 spiro atoms. The van der Waals surface area contributed by atoms with E-state index >= 15 is 0 Å². The van der Waals surface area contributed by atoms with Crippen molar-refractivity contribution in [2.45, 2.75) is 173 Å². The summed E-state index contributed by atoms with van der Waals surface area (Å²) in [5.41, 5.74) is -1.89. The van der Waals surface area contributed by atoms with Gasteiger partial charge >= 0.3 is 5.97 Å². The normalized spacial score (nSPS) is 54.7. The highest BCUT2D eigenvalue weighted by molar-refractivity contribution is 5.79. The number of hydrogen-bond donors (Lipinski definition) is 10. The maximum atomic E-state index is 14.6. The van der Waals surface area contributed by atoms with Gasteiger partial charge in [0.1, 0.15) is 48.8 Å². The third-order valence-corrected chi connectivity index (χ3v) is 17.3. The van der Waals surface area contributed by atoms with Crippen LogP contribution in [0, 0.1) is 50.2 Å². The molecule has 2 aliphatic heterocycles. The summed E-state index contributed by atoms with van der Waals surface area (Å²) in [6, 6.07) is 0. The van der Waals surface area contributed by atoms with Crippen molar-refractivity contribution in [3.63, 3.8) is 0 Å². The first-order valence-electron chi connectivity index (χ1n) is 21.1. The molecule has 4 saturated carbocycles. The number of aliphatic hydroxyl groups is 10. The summed E-state index contributed by atoms with van der Waals surface area (Å²) < 4.78 is 23.6. The average molecular weight is 813 g/mol. The smallest absolute Gasteiger partial charge is 0.315 e. The molecule has 2 saturated heterocycles. The second kappa shape index (κ2) is 14.9. The van der Waals surface area contributed by atoms with Gasteiger partial charge < -0.3 is 70.0 Å². The molecular formula is C42H68O15. The molecule has 15 heteroatoms.